The van der Waals surface area contributed by atoms with Crippen LogP contribution in [0.2, 0.25) is 5.02 Å². The van der Waals surface area contributed by atoms with E-state index in [0.717, 1.165) is 49.5 Å². The van der Waals surface area contributed by atoms with Gasteiger partial charge in [-0.3, -0.25) is 0 Å². The maximum atomic E-state index is 10.1. The fourth-order valence-electron chi connectivity index (χ4n) is 2.74. The molecule has 0 saturated carbocycles. The van der Waals surface area contributed by atoms with Crippen LogP contribution >= 0.6 is 11.6 Å². The topological polar surface area (TPSA) is 49.5 Å². The van der Waals surface area contributed by atoms with Gasteiger partial charge < -0.3 is 15.7 Å². The molecule has 2 rings (SSSR count). The molecule has 0 aliphatic carbocycles. The monoisotopic (exact) mass is 282 g/mol. The average Bonchev–Trinajstić information content (AvgIpc) is 2.35. The Hall–Kier alpha value is -0.610. The Morgan fingerprint density at radius 2 is 2.32 bits per heavy atom. The molecule has 1 aromatic rings. The van der Waals surface area contributed by atoms with Gasteiger partial charge in [0.2, 0.25) is 0 Å². The highest BCUT2D eigenvalue weighted by Gasteiger charge is 2.28. The van der Waals surface area contributed by atoms with Crippen molar-refractivity contribution < 1.29 is 5.11 Å². The largest absolute Gasteiger partial charge is 0.389 e. The summed E-state index contributed by atoms with van der Waals surface area (Å²) in [6.45, 7) is 4.63. The molecule has 3 N–H and O–H groups in total. The molecule has 106 valence electrons. The second-order valence-corrected chi connectivity index (χ2v) is 6.26. The molecule has 0 radical (unpaired) electrons. The van der Waals surface area contributed by atoms with Crippen molar-refractivity contribution in [2.75, 3.05) is 19.6 Å². The van der Waals surface area contributed by atoms with Crippen molar-refractivity contribution in [3.63, 3.8) is 0 Å². The van der Waals surface area contributed by atoms with Gasteiger partial charge in [-0.15, -0.1) is 0 Å². The molecule has 1 fully saturated rings. The Morgan fingerprint density at radius 3 is 3.00 bits per heavy atom. The quantitative estimate of drug-likeness (QED) is 0.892. The summed E-state index contributed by atoms with van der Waals surface area (Å²) in [5.74, 6) is 0. The van der Waals surface area contributed by atoms with Crippen LogP contribution in [-0.4, -0.2) is 35.2 Å². The van der Waals surface area contributed by atoms with Crippen LogP contribution in [-0.2, 0) is 0 Å². The number of β-amino-alcohol motifs (C(OH)–C–C–N with tert-alkyl or cyclic N) is 1. The molecular weight excluding hydrogens is 260 g/mol. The Kier molecular flexibility index (Phi) is 4.85. The van der Waals surface area contributed by atoms with Gasteiger partial charge in [0, 0.05) is 24.2 Å². The van der Waals surface area contributed by atoms with Crippen LogP contribution in [0, 0.1) is 0 Å². The van der Waals surface area contributed by atoms with Gasteiger partial charge in [0.05, 0.1) is 5.60 Å². The standard InChI is InChI=1S/C15H23ClN2O/c1-15(19)7-3-8-18(11-15)9-6-14(17)12-4-2-5-13(16)10-12/h2,4-5,10,14,19H,3,6-9,11,17H2,1H3. The summed E-state index contributed by atoms with van der Waals surface area (Å²) in [6.07, 6.45) is 2.83. The Balaban J connectivity index is 1.85. The van der Waals surface area contributed by atoms with Crippen molar-refractivity contribution in [3.8, 4) is 0 Å². The molecule has 4 heteroatoms. The molecule has 19 heavy (non-hydrogen) atoms. The van der Waals surface area contributed by atoms with E-state index >= 15 is 0 Å². The van der Waals surface area contributed by atoms with Crippen molar-refractivity contribution in [3.05, 3.63) is 34.9 Å². The number of nitrogens with two attached hydrogens (primary N) is 1. The van der Waals surface area contributed by atoms with E-state index in [1.807, 2.05) is 31.2 Å². The molecule has 0 spiro atoms. The smallest absolute Gasteiger partial charge is 0.0746 e. The molecule has 2 atom stereocenters. The van der Waals surface area contributed by atoms with Gasteiger partial charge in [0.15, 0.2) is 0 Å². The molecule has 1 aromatic carbocycles. The maximum absolute atomic E-state index is 10.1. The lowest BCUT2D eigenvalue weighted by molar-refractivity contribution is -0.0161. The second-order valence-electron chi connectivity index (χ2n) is 5.83. The van der Waals surface area contributed by atoms with Gasteiger partial charge in [0.25, 0.3) is 0 Å². The van der Waals surface area contributed by atoms with Gasteiger partial charge in [-0.05, 0) is 50.4 Å². The first-order valence-electron chi connectivity index (χ1n) is 6.92. The number of hydrogen-bond acceptors (Lipinski definition) is 3. The summed E-state index contributed by atoms with van der Waals surface area (Å²) in [6, 6.07) is 7.75. The highest BCUT2D eigenvalue weighted by Crippen LogP contribution is 2.23. The zero-order chi connectivity index (χ0) is 13.9. The van der Waals surface area contributed by atoms with E-state index in [1.165, 1.54) is 0 Å². The number of hydrogen-bond donors (Lipinski definition) is 2. The Morgan fingerprint density at radius 1 is 1.53 bits per heavy atom. The summed E-state index contributed by atoms with van der Waals surface area (Å²) in [7, 11) is 0. The van der Waals surface area contributed by atoms with E-state index in [0.29, 0.717) is 0 Å². The van der Waals surface area contributed by atoms with Crippen LogP contribution in [0.5, 0.6) is 0 Å². The molecule has 0 amide bonds. The zero-order valence-electron chi connectivity index (χ0n) is 11.5. The van der Waals surface area contributed by atoms with E-state index in [9.17, 15) is 5.11 Å². The van der Waals surface area contributed by atoms with E-state index in [4.69, 9.17) is 17.3 Å². The van der Waals surface area contributed by atoms with Crippen LogP contribution in [0.3, 0.4) is 0 Å². The summed E-state index contributed by atoms with van der Waals surface area (Å²) in [5, 5.41) is 10.8. The van der Waals surface area contributed by atoms with Crippen molar-refractivity contribution in [1.82, 2.24) is 4.90 Å². The van der Waals surface area contributed by atoms with E-state index in [-0.39, 0.29) is 6.04 Å². The molecule has 2 unspecified atom stereocenters. The third-order valence-electron chi connectivity index (χ3n) is 3.79. The lowest BCUT2D eigenvalue weighted by Crippen LogP contribution is -2.46. The predicted octanol–water partition coefficient (Wildman–Crippen LogP) is 2.58. The number of aliphatic hydroxyl groups is 1. The van der Waals surface area contributed by atoms with Crippen molar-refractivity contribution in [1.29, 1.82) is 0 Å². The molecule has 3 nitrogen and oxygen atoms in total. The number of nitrogens with zero attached hydrogens (tertiary/aromatic N) is 1. The minimum absolute atomic E-state index is 0.00516. The first kappa shape index (κ1) is 14.8. The molecular formula is C15H23ClN2O. The van der Waals surface area contributed by atoms with Crippen LogP contribution in [0.15, 0.2) is 24.3 Å². The normalized spacial score (nSPS) is 26.3. The summed E-state index contributed by atoms with van der Waals surface area (Å²) < 4.78 is 0. The number of benzene rings is 1. The number of rotatable bonds is 4. The molecule has 1 heterocycles. The molecule has 1 aliphatic rings. The van der Waals surface area contributed by atoms with E-state index in [2.05, 4.69) is 4.90 Å². The van der Waals surface area contributed by atoms with Gasteiger partial charge >= 0.3 is 0 Å². The van der Waals surface area contributed by atoms with Gasteiger partial charge in [-0.2, -0.15) is 0 Å². The van der Waals surface area contributed by atoms with Crippen LogP contribution in [0.4, 0.5) is 0 Å². The third-order valence-corrected chi connectivity index (χ3v) is 4.02. The number of piperidine rings is 1. The van der Waals surface area contributed by atoms with Crippen LogP contribution < -0.4 is 5.73 Å². The van der Waals surface area contributed by atoms with Gasteiger partial charge in [0.1, 0.15) is 0 Å². The fourth-order valence-corrected chi connectivity index (χ4v) is 2.94. The Labute approximate surface area is 120 Å². The fraction of sp³-hybridized carbons (Fsp3) is 0.600. The minimum atomic E-state index is -0.543. The number of halogens is 1. The Bertz CT molecular complexity index is 422. The molecule has 0 bridgehead atoms. The highest BCUT2D eigenvalue weighted by atomic mass is 35.5. The van der Waals surface area contributed by atoms with E-state index < -0.39 is 5.60 Å². The second kappa shape index (κ2) is 6.23. The molecule has 0 aromatic heterocycles. The third kappa shape index (κ3) is 4.46. The van der Waals surface area contributed by atoms with Gasteiger partial charge in [-0.25, -0.2) is 0 Å². The maximum Gasteiger partial charge on any atom is 0.0746 e. The van der Waals surface area contributed by atoms with E-state index in [1.54, 1.807) is 0 Å². The van der Waals surface area contributed by atoms with Crippen LogP contribution in [0.25, 0.3) is 0 Å². The lowest BCUT2D eigenvalue weighted by Gasteiger charge is -2.37. The average molecular weight is 283 g/mol. The highest BCUT2D eigenvalue weighted by molar-refractivity contribution is 6.30. The summed E-state index contributed by atoms with van der Waals surface area (Å²) in [5.41, 5.74) is 6.74. The first-order chi connectivity index (χ1) is 8.96. The summed E-state index contributed by atoms with van der Waals surface area (Å²) >= 11 is 5.98. The minimum Gasteiger partial charge on any atom is -0.389 e. The molecule has 1 saturated heterocycles. The lowest BCUT2D eigenvalue weighted by atomic mass is 9.94. The summed E-state index contributed by atoms with van der Waals surface area (Å²) in [4.78, 5) is 2.30. The number of likely N-dealkylation sites (tertiary alicyclic amines) is 1. The van der Waals surface area contributed by atoms with Crippen molar-refractivity contribution in [2.24, 2.45) is 5.73 Å². The van der Waals surface area contributed by atoms with Crippen LogP contribution in [0.1, 0.15) is 37.8 Å². The zero-order valence-corrected chi connectivity index (χ0v) is 12.2. The first-order valence-corrected chi connectivity index (χ1v) is 7.30. The van der Waals surface area contributed by atoms with Crippen molar-refractivity contribution in [2.45, 2.75) is 37.8 Å². The molecule has 1 aliphatic heterocycles. The SMILES string of the molecule is CC1(O)CCCN(CCC(N)c2cccc(Cl)c2)C1. The van der Waals surface area contributed by atoms with Gasteiger partial charge in [-0.1, -0.05) is 23.7 Å². The van der Waals surface area contributed by atoms with Crippen molar-refractivity contribution >= 4 is 11.6 Å². The predicted molar refractivity (Wildman–Crippen MR) is 79.3 cm³/mol.